The van der Waals surface area contributed by atoms with Gasteiger partial charge in [0.1, 0.15) is 0 Å². The lowest BCUT2D eigenvalue weighted by molar-refractivity contribution is 0.476. The van der Waals surface area contributed by atoms with Gasteiger partial charge in [-0.15, -0.1) is 0 Å². The van der Waals surface area contributed by atoms with E-state index in [0.717, 1.165) is 28.4 Å². The van der Waals surface area contributed by atoms with E-state index in [-0.39, 0.29) is 0 Å². The quantitative estimate of drug-likeness (QED) is 0.205. The molecule has 0 bridgehead atoms. The summed E-state index contributed by atoms with van der Waals surface area (Å²) in [5.74, 6) is 1.78. The average molecular weight is 575 g/mol. The minimum atomic E-state index is 0.885. The summed E-state index contributed by atoms with van der Waals surface area (Å²) in [5.41, 5.74) is 11.8. The lowest BCUT2D eigenvalue weighted by Gasteiger charge is -2.20. The van der Waals surface area contributed by atoms with Gasteiger partial charge in [0, 0.05) is 27.2 Å². The molecule has 0 spiro atoms. The molecule has 0 aliphatic carbocycles. The Hall–Kier alpha value is -6.06. The van der Waals surface area contributed by atoms with Crippen LogP contribution in [-0.2, 0) is 0 Å². The first-order valence-corrected chi connectivity index (χ1v) is 15.4. The SMILES string of the molecule is c1ccc(-c2ccc(-n3c4ccccc4c4cc(-c5ccc6c(c5)c5cccc7c5n6-c5ccccc5O7)ccc43)cc2)cc1. The van der Waals surface area contributed by atoms with Crippen LogP contribution < -0.4 is 4.74 Å². The molecule has 3 heteroatoms. The first kappa shape index (κ1) is 24.4. The van der Waals surface area contributed by atoms with Crippen molar-refractivity contribution in [1.29, 1.82) is 0 Å². The molecule has 210 valence electrons. The van der Waals surface area contributed by atoms with E-state index in [2.05, 4.69) is 155 Å². The van der Waals surface area contributed by atoms with Gasteiger partial charge < -0.3 is 13.9 Å². The second kappa shape index (κ2) is 9.22. The van der Waals surface area contributed by atoms with Gasteiger partial charge in [-0.2, -0.15) is 0 Å². The van der Waals surface area contributed by atoms with Gasteiger partial charge in [0.25, 0.3) is 0 Å². The van der Waals surface area contributed by atoms with Crippen LogP contribution in [0.15, 0.2) is 158 Å². The molecule has 9 aromatic rings. The third-order valence-corrected chi connectivity index (χ3v) is 9.31. The Bertz CT molecular complexity index is 2610. The molecular weight excluding hydrogens is 548 g/mol. The molecule has 0 fully saturated rings. The maximum absolute atomic E-state index is 6.33. The molecule has 3 heterocycles. The van der Waals surface area contributed by atoms with Gasteiger partial charge in [0.15, 0.2) is 11.5 Å². The fourth-order valence-corrected chi connectivity index (χ4v) is 7.26. The van der Waals surface area contributed by atoms with Crippen molar-refractivity contribution in [3.05, 3.63) is 158 Å². The zero-order valence-electron chi connectivity index (χ0n) is 24.3. The summed E-state index contributed by atoms with van der Waals surface area (Å²) in [4.78, 5) is 0. The summed E-state index contributed by atoms with van der Waals surface area (Å²) in [6.45, 7) is 0. The molecule has 0 saturated carbocycles. The van der Waals surface area contributed by atoms with E-state index in [1.54, 1.807) is 0 Å². The number of ether oxygens (including phenoxy) is 1. The van der Waals surface area contributed by atoms with E-state index >= 15 is 0 Å². The number of benzene rings is 7. The molecule has 0 N–H and O–H groups in total. The highest BCUT2D eigenvalue weighted by Crippen LogP contribution is 2.46. The van der Waals surface area contributed by atoms with Crippen LogP contribution in [0.1, 0.15) is 0 Å². The molecule has 45 heavy (non-hydrogen) atoms. The predicted octanol–water partition coefficient (Wildman–Crippen LogP) is 11.3. The summed E-state index contributed by atoms with van der Waals surface area (Å²) in [7, 11) is 0. The van der Waals surface area contributed by atoms with Gasteiger partial charge in [-0.1, -0.05) is 97.1 Å². The monoisotopic (exact) mass is 574 g/mol. The Labute approximate surface area is 259 Å². The van der Waals surface area contributed by atoms with Gasteiger partial charge in [0.05, 0.1) is 27.8 Å². The van der Waals surface area contributed by atoms with E-state index in [0.29, 0.717) is 0 Å². The van der Waals surface area contributed by atoms with Gasteiger partial charge in [-0.05, 0) is 82.9 Å². The zero-order chi connectivity index (χ0) is 29.5. The Morgan fingerprint density at radius 1 is 0.356 bits per heavy atom. The molecular formula is C42H26N2O. The van der Waals surface area contributed by atoms with E-state index < -0.39 is 0 Å². The van der Waals surface area contributed by atoms with Crippen molar-refractivity contribution in [2.75, 3.05) is 0 Å². The van der Waals surface area contributed by atoms with Crippen LogP contribution in [0.3, 0.4) is 0 Å². The van der Waals surface area contributed by atoms with Crippen LogP contribution in [0, 0.1) is 0 Å². The number of aromatic nitrogens is 2. The zero-order valence-corrected chi connectivity index (χ0v) is 24.3. The lowest BCUT2D eigenvalue weighted by Crippen LogP contribution is -2.03. The predicted molar refractivity (Wildman–Crippen MR) is 186 cm³/mol. The fourth-order valence-electron chi connectivity index (χ4n) is 7.26. The normalized spacial score (nSPS) is 12.2. The van der Waals surface area contributed by atoms with Crippen molar-refractivity contribution in [3.63, 3.8) is 0 Å². The van der Waals surface area contributed by atoms with Crippen LogP contribution in [0.5, 0.6) is 11.5 Å². The highest BCUT2D eigenvalue weighted by Gasteiger charge is 2.23. The van der Waals surface area contributed by atoms with Crippen LogP contribution >= 0.6 is 0 Å². The average Bonchev–Trinajstić information content (AvgIpc) is 3.62. The van der Waals surface area contributed by atoms with E-state index in [4.69, 9.17) is 4.74 Å². The number of para-hydroxylation sites is 4. The summed E-state index contributed by atoms with van der Waals surface area (Å²) < 4.78 is 11.1. The first-order chi connectivity index (χ1) is 22.3. The van der Waals surface area contributed by atoms with Crippen molar-refractivity contribution in [1.82, 2.24) is 9.13 Å². The molecule has 3 nitrogen and oxygen atoms in total. The van der Waals surface area contributed by atoms with Crippen LogP contribution in [0.2, 0.25) is 0 Å². The molecule has 7 aromatic carbocycles. The lowest BCUT2D eigenvalue weighted by atomic mass is 10.0. The standard InChI is InChI=1S/C42H26N2O/c1-2-9-27(10-3-1)28-17-21-31(22-18-28)43-36-13-5-4-11-32(36)34-25-29(19-23-37(34)43)30-20-24-38-35(26-30)33-12-8-16-41-42(33)44(38)39-14-6-7-15-40(39)45-41/h1-26H. The van der Waals surface area contributed by atoms with Crippen LogP contribution in [-0.4, -0.2) is 9.13 Å². The summed E-state index contributed by atoms with van der Waals surface area (Å²) in [6.07, 6.45) is 0. The number of rotatable bonds is 3. The Kier molecular flexibility index (Phi) is 5.00. The maximum Gasteiger partial charge on any atom is 0.152 e. The molecule has 1 aliphatic heterocycles. The second-order valence-corrected chi connectivity index (χ2v) is 11.8. The fraction of sp³-hybridized carbons (Fsp3) is 0. The Morgan fingerprint density at radius 3 is 1.76 bits per heavy atom. The summed E-state index contributed by atoms with van der Waals surface area (Å²) in [5, 5.41) is 4.94. The molecule has 0 amide bonds. The molecule has 0 atom stereocenters. The Morgan fingerprint density at radius 2 is 0.933 bits per heavy atom. The molecule has 0 saturated heterocycles. The molecule has 2 aromatic heterocycles. The maximum atomic E-state index is 6.33. The summed E-state index contributed by atoms with van der Waals surface area (Å²) in [6, 6.07) is 56.6. The van der Waals surface area contributed by atoms with Gasteiger partial charge in [-0.3, -0.25) is 0 Å². The molecule has 0 radical (unpaired) electrons. The van der Waals surface area contributed by atoms with Crippen LogP contribution in [0.25, 0.3) is 77.2 Å². The number of nitrogens with zero attached hydrogens (tertiary/aromatic N) is 2. The van der Waals surface area contributed by atoms with Gasteiger partial charge in [0.2, 0.25) is 0 Å². The minimum Gasteiger partial charge on any atom is -0.453 e. The van der Waals surface area contributed by atoms with Crippen molar-refractivity contribution in [2.24, 2.45) is 0 Å². The number of hydrogen-bond donors (Lipinski definition) is 0. The largest absolute Gasteiger partial charge is 0.453 e. The third kappa shape index (κ3) is 3.52. The van der Waals surface area contributed by atoms with Crippen LogP contribution in [0.4, 0.5) is 0 Å². The molecule has 10 rings (SSSR count). The van der Waals surface area contributed by atoms with E-state index in [1.165, 1.54) is 60.3 Å². The first-order valence-electron chi connectivity index (χ1n) is 15.4. The highest BCUT2D eigenvalue weighted by atomic mass is 16.5. The minimum absolute atomic E-state index is 0.885. The van der Waals surface area contributed by atoms with Crippen molar-refractivity contribution >= 4 is 43.6 Å². The van der Waals surface area contributed by atoms with E-state index in [9.17, 15) is 0 Å². The van der Waals surface area contributed by atoms with E-state index in [1.807, 2.05) is 12.1 Å². The van der Waals surface area contributed by atoms with Crippen molar-refractivity contribution in [2.45, 2.75) is 0 Å². The third-order valence-electron chi connectivity index (χ3n) is 9.31. The topological polar surface area (TPSA) is 19.1 Å². The number of hydrogen-bond acceptors (Lipinski definition) is 1. The number of fused-ring (bicyclic) bond motifs is 8. The van der Waals surface area contributed by atoms with Crippen molar-refractivity contribution in [3.8, 4) is 45.1 Å². The molecule has 0 unspecified atom stereocenters. The highest BCUT2D eigenvalue weighted by molar-refractivity contribution is 6.14. The Balaban J connectivity index is 1.14. The smallest absolute Gasteiger partial charge is 0.152 e. The van der Waals surface area contributed by atoms with Crippen molar-refractivity contribution < 1.29 is 4.74 Å². The molecule has 1 aliphatic rings. The van der Waals surface area contributed by atoms with Gasteiger partial charge >= 0.3 is 0 Å². The summed E-state index contributed by atoms with van der Waals surface area (Å²) >= 11 is 0. The second-order valence-electron chi connectivity index (χ2n) is 11.8. The van der Waals surface area contributed by atoms with Gasteiger partial charge in [-0.25, -0.2) is 0 Å².